The van der Waals surface area contributed by atoms with Crippen molar-refractivity contribution in [1.82, 2.24) is 4.90 Å². The molecule has 2 aromatic carbocycles. The van der Waals surface area contributed by atoms with Gasteiger partial charge in [-0.1, -0.05) is 42.5 Å². The lowest BCUT2D eigenvalue weighted by Crippen LogP contribution is -2.39. The third kappa shape index (κ3) is 4.64. The Labute approximate surface area is 155 Å². The number of rotatable bonds is 7. The van der Waals surface area contributed by atoms with Gasteiger partial charge in [-0.2, -0.15) is 0 Å². The number of carbonyl (C=O) groups excluding carboxylic acids is 1. The molecule has 0 radical (unpaired) electrons. The van der Waals surface area contributed by atoms with E-state index in [1.54, 1.807) is 0 Å². The first-order valence-electron chi connectivity index (χ1n) is 9.43. The molecule has 2 aromatic rings. The fraction of sp³-hybridized carbons (Fsp3) is 0.409. The number of hydrogen-bond donors (Lipinski definition) is 0. The number of piperidine rings is 1. The maximum Gasteiger partial charge on any atom is 0.257 e. The highest BCUT2D eigenvalue weighted by molar-refractivity contribution is 5.97. The average molecular weight is 353 g/mol. The molecule has 3 rings (SSSR count). The Morgan fingerprint density at radius 1 is 1.08 bits per heavy atom. The lowest BCUT2D eigenvalue weighted by atomic mass is 9.90. The van der Waals surface area contributed by atoms with E-state index in [4.69, 9.17) is 9.47 Å². The van der Waals surface area contributed by atoms with Crippen molar-refractivity contribution in [1.29, 1.82) is 0 Å². The molecule has 0 aromatic heterocycles. The Hall–Kier alpha value is -2.33. The van der Waals surface area contributed by atoms with Crippen molar-refractivity contribution in [2.45, 2.75) is 25.7 Å². The van der Waals surface area contributed by atoms with Crippen molar-refractivity contribution in [2.24, 2.45) is 0 Å². The van der Waals surface area contributed by atoms with Crippen molar-refractivity contribution in [3.05, 3.63) is 65.7 Å². The summed E-state index contributed by atoms with van der Waals surface area (Å²) in [7, 11) is 0. The molecule has 4 nitrogen and oxygen atoms in total. The lowest BCUT2D eigenvalue weighted by molar-refractivity contribution is 0.0697. The zero-order valence-electron chi connectivity index (χ0n) is 15.4. The summed E-state index contributed by atoms with van der Waals surface area (Å²) < 4.78 is 11.1. The Morgan fingerprint density at radius 2 is 1.85 bits per heavy atom. The molecule has 1 saturated heterocycles. The molecule has 26 heavy (non-hydrogen) atoms. The van der Waals surface area contributed by atoms with Crippen LogP contribution >= 0.6 is 0 Å². The van der Waals surface area contributed by atoms with Gasteiger partial charge in [-0.25, -0.2) is 0 Å². The molecule has 1 atom stereocenters. The summed E-state index contributed by atoms with van der Waals surface area (Å²) in [6.07, 6.45) is 2.15. The highest BCUT2D eigenvalue weighted by atomic mass is 16.5. The summed E-state index contributed by atoms with van der Waals surface area (Å²) in [5, 5.41) is 0. The third-order valence-corrected chi connectivity index (χ3v) is 4.79. The average Bonchev–Trinajstić information content (AvgIpc) is 2.72. The van der Waals surface area contributed by atoms with Crippen LogP contribution in [0, 0.1) is 0 Å². The van der Waals surface area contributed by atoms with E-state index >= 15 is 0 Å². The first kappa shape index (κ1) is 18.5. The van der Waals surface area contributed by atoms with Gasteiger partial charge >= 0.3 is 0 Å². The molecule has 0 saturated carbocycles. The van der Waals surface area contributed by atoms with Crippen LogP contribution in [0.1, 0.15) is 41.6 Å². The molecule has 1 fully saturated rings. The molecule has 0 N–H and O–H groups in total. The van der Waals surface area contributed by atoms with Crippen LogP contribution in [0.4, 0.5) is 0 Å². The van der Waals surface area contributed by atoms with Crippen molar-refractivity contribution in [2.75, 3.05) is 32.9 Å². The van der Waals surface area contributed by atoms with Crippen LogP contribution < -0.4 is 4.74 Å². The molecular weight excluding hydrogens is 326 g/mol. The summed E-state index contributed by atoms with van der Waals surface area (Å²) in [4.78, 5) is 15.1. The van der Waals surface area contributed by atoms with Crippen LogP contribution in [-0.2, 0) is 4.74 Å². The minimum absolute atomic E-state index is 0.0534. The number of carbonyl (C=O) groups is 1. The Balaban J connectivity index is 1.68. The van der Waals surface area contributed by atoms with Crippen LogP contribution in [0.15, 0.2) is 54.6 Å². The predicted molar refractivity (Wildman–Crippen MR) is 103 cm³/mol. The second-order valence-electron chi connectivity index (χ2n) is 6.54. The van der Waals surface area contributed by atoms with Gasteiger partial charge in [-0.3, -0.25) is 4.79 Å². The van der Waals surface area contributed by atoms with E-state index in [1.165, 1.54) is 5.56 Å². The molecule has 0 bridgehead atoms. The van der Waals surface area contributed by atoms with E-state index in [-0.39, 0.29) is 5.91 Å². The van der Waals surface area contributed by atoms with E-state index in [9.17, 15) is 4.79 Å². The molecule has 1 aliphatic heterocycles. The zero-order chi connectivity index (χ0) is 18.2. The standard InChI is InChI=1S/C22H27NO3/c1-2-25-15-16-26-21-13-7-6-12-20(21)22(24)23-14-8-11-19(17-23)18-9-4-3-5-10-18/h3-7,9-10,12-13,19H,2,8,11,14-17H2,1H3/t19-/m1/s1. The van der Waals surface area contributed by atoms with E-state index in [0.717, 1.165) is 25.9 Å². The normalized spacial score (nSPS) is 17.1. The Kier molecular flexibility index (Phi) is 6.67. The molecule has 0 aliphatic carbocycles. The first-order chi connectivity index (χ1) is 12.8. The number of para-hydroxylation sites is 1. The maximum atomic E-state index is 13.1. The third-order valence-electron chi connectivity index (χ3n) is 4.79. The molecular formula is C22H27NO3. The van der Waals surface area contributed by atoms with Gasteiger partial charge in [0.2, 0.25) is 0 Å². The number of likely N-dealkylation sites (tertiary alicyclic amines) is 1. The summed E-state index contributed by atoms with van der Waals surface area (Å²) in [6.45, 7) is 5.16. The number of hydrogen-bond acceptors (Lipinski definition) is 3. The quantitative estimate of drug-likeness (QED) is 0.703. The summed E-state index contributed by atoms with van der Waals surface area (Å²) in [6, 6.07) is 18.0. The Bertz CT molecular complexity index is 702. The minimum Gasteiger partial charge on any atom is -0.490 e. The fourth-order valence-electron chi connectivity index (χ4n) is 3.45. The summed E-state index contributed by atoms with van der Waals surface area (Å²) in [5.74, 6) is 1.09. The van der Waals surface area contributed by atoms with Gasteiger partial charge in [-0.05, 0) is 37.5 Å². The maximum absolute atomic E-state index is 13.1. The molecule has 4 heteroatoms. The number of benzene rings is 2. The SMILES string of the molecule is CCOCCOc1ccccc1C(=O)N1CCC[C@@H](c2ccccc2)C1. The van der Waals surface area contributed by atoms with E-state index in [0.29, 0.717) is 37.1 Å². The second-order valence-corrected chi connectivity index (χ2v) is 6.54. The zero-order valence-corrected chi connectivity index (χ0v) is 15.4. The highest BCUT2D eigenvalue weighted by Crippen LogP contribution is 2.29. The first-order valence-corrected chi connectivity index (χ1v) is 9.43. The van der Waals surface area contributed by atoms with Gasteiger partial charge in [0, 0.05) is 25.6 Å². The molecule has 1 heterocycles. The van der Waals surface area contributed by atoms with E-state index in [2.05, 4.69) is 24.3 Å². The monoisotopic (exact) mass is 353 g/mol. The molecule has 0 spiro atoms. The van der Waals surface area contributed by atoms with Crippen LogP contribution in [0.25, 0.3) is 0 Å². The molecule has 1 amide bonds. The second kappa shape index (κ2) is 9.39. The van der Waals surface area contributed by atoms with Gasteiger partial charge in [0.05, 0.1) is 12.2 Å². The van der Waals surface area contributed by atoms with Gasteiger partial charge in [-0.15, -0.1) is 0 Å². The van der Waals surface area contributed by atoms with Gasteiger partial charge in [0.1, 0.15) is 12.4 Å². The summed E-state index contributed by atoms with van der Waals surface area (Å²) in [5.41, 5.74) is 1.95. The van der Waals surface area contributed by atoms with Crippen molar-refractivity contribution in [3.8, 4) is 5.75 Å². The van der Waals surface area contributed by atoms with Gasteiger partial charge in [0.15, 0.2) is 0 Å². The smallest absolute Gasteiger partial charge is 0.257 e. The van der Waals surface area contributed by atoms with Gasteiger partial charge in [0.25, 0.3) is 5.91 Å². The van der Waals surface area contributed by atoms with E-state index < -0.39 is 0 Å². The van der Waals surface area contributed by atoms with Crippen LogP contribution in [-0.4, -0.2) is 43.7 Å². The summed E-state index contributed by atoms with van der Waals surface area (Å²) >= 11 is 0. The molecule has 0 unspecified atom stereocenters. The lowest BCUT2D eigenvalue weighted by Gasteiger charge is -2.33. The van der Waals surface area contributed by atoms with E-state index in [1.807, 2.05) is 42.2 Å². The highest BCUT2D eigenvalue weighted by Gasteiger charge is 2.26. The van der Waals surface area contributed by atoms with Crippen LogP contribution in [0.3, 0.4) is 0 Å². The topological polar surface area (TPSA) is 38.8 Å². The van der Waals surface area contributed by atoms with Crippen molar-refractivity contribution < 1.29 is 14.3 Å². The number of amides is 1. The fourth-order valence-corrected chi connectivity index (χ4v) is 3.45. The van der Waals surface area contributed by atoms with Crippen molar-refractivity contribution in [3.63, 3.8) is 0 Å². The molecule has 138 valence electrons. The van der Waals surface area contributed by atoms with Crippen LogP contribution in [0.5, 0.6) is 5.75 Å². The number of ether oxygens (including phenoxy) is 2. The van der Waals surface area contributed by atoms with Gasteiger partial charge < -0.3 is 14.4 Å². The predicted octanol–water partition coefficient (Wildman–Crippen LogP) is 4.12. The van der Waals surface area contributed by atoms with Crippen molar-refractivity contribution >= 4 is 5.91 Å². The largest absolute Gasteiger partial charge is 0.490 e. The minimum atomic E-state index is 0.0534. The van der Waals surface area contributed by atoms with Crippen LogP contribution in [0.2, 0.25) is 0 Å². The molecule has 1 aliphatic rings. The Morgan fingerprint density at radius 3 is 2.65 bits per heavy atom. The number of nitrogens with zero attached hydrogens (tertiary/aromatic N) is 1.